The number of benzene rings is 1. The molecule has 0 fully saturated rings. The zero-order chi connectivity index (χ0) is 10.6. The maximum atomic E-state index is 9.07. The number of hydrogen-bond acceptors (Lipinski definition) is 2. The average molecular weight is 188 g/mol. The standard InChI is InChI=1S/C12H16N2/c1-4-14(12(2,3)10-13)11-8-6-5-7-9-11/h5-9H,4H2,1-3H3. The molecule has 0 unspecified atom stereocenters. The second kappa shape index (κ2) is 4.15. The Morgan fingerprint density at radius 3 is 2.29 bits per heavy atom. The molecule has 0 radical (unpaired) electrons. The molecule has 2 heteroatoms. The van der Waals surface area contributed by atoms with Gasteiger partial charge in [-0.2, -0.15) is 5.26 Å². The van der Waals surface area contributed by atoms with Crippen LogP contribution in [0.25, 0.3) is 0 Å². The van der Waals surface area contributed by atoms with E-state index in [-0.39, 0.29) is 0 Å². The van der Waals surface area contributed by atoms with Crippen LogP contribution in [-0.4, -0.2) is 12.1 Å². The number of nitrogens with zero attached hydrogens (tertiary/aromatic N) is 2. The van der Waals surface area contributed by atoms with E-state index in [1.165, 1.54) is 0 Å². The van der Waals surface area contributed by atoms with Crippen LogP contribution in [-0.2, 0) is 0 Å². The third-order valence-electron chi connectivity index (χ3n) is 2.33. The number of nitriles is 1. The van der Waals surface area contributed by atoms with Crippen molar-refractivity contribution in [2.24, 2.45) is 0 Å². The van der Waals surface area contributed by atoms with Crippen molar-refractivity contribution in [2.75, 3.05) is 11.4 Å². The molecule has 0 aliphatic carbocycles. The van der Waals surface area contributed by atoms with Crippen molar-refractivity contribution in [2.45, 2.75) is 26.3 Å². The van der Waals surface area contributed by atoms with Gasteiger partial charge in [-0.3, -0.25) is 0 Å². The van der Waals surface area contributed by atoms with Crippen LogP contribution in [0.5, 0.6) is 0 Å². The van der Waals surface area contributed by atoms with Gasteiger partial charge in [0.25, 0.3) is 0 Å². The number of para-hydroxylation sites is 1. The van der Waals surface area contributed by atoms with Crippen LogP contribution in [0.4, 0.5) is 5.69 Å². The molecule has 14 heavy (non-hydrogen) atoms. The van der Waals surface area contributed by atoms with E-state index in [0.29, 0.717) is 0 Å². The van der Waals surface area contributed by atoms with Gasteiger partial charge in [0.15, 0.2) is 0 Å². The SMILES string of the molecule is CCN(c1ccccc1)C(C)(C)C#N. The summed E-state index contributed by atoms with van der Waals surface area (Å²) in [6, 6.07) is 12.3. The topological polar surface area (TPSA) is 27.0 Å². The molecule has 1 rings (SSSR count). The summed E-state index contributed by atoms with van der Waals surface area (Å²) >= 11 is 0. The fourth-order valence-electron chi connectivity index (χ4n) is 1.57. The lowest BCUT2D eigenvalue weighted by molar-refractivity contribution is 0.584. The number of rotatable bonds is 3. The first-order valence-corrected chi connectivity index (χ1v) is 4.85. The van der Waals surface area contributed by atoms with Crippen molar-refractivity contribution in [1.29, 1.82) is 5.26 Å². The third-order valence-corrected chi connectivity index (χ3v) is 2.33. The fourth-order valence-corrected chi connectivity index (χ4v) is 1.57. The lowest BCUT2D eigenvalue weighted by Crippen LogP contribution is -2.42. The van der Waals surface area contributed by atoms with Gasteiger partial charge < -0.3 is 4.90 Å². The highest BCUT2D eigenvalue weighted by atomic mass is 15.2. The summed E-state index contributed by atoms with van der Waals surface area (Å²) in [5, 5.41) is 9.07. The van der Waals surface area contributed by atoms with E-state index in [1.54, 1.807) is 0 Å². The van der Waals surface area contributed by atoms with Crippen LogP contribution >= 0.6 is 0 Å². The minimum Gasteiger partial charge on any atom is -0.354 e. The number of anilines is 1. The van der Waals surface area contributed by atoms with Crippen molar-refractivity contribution < 1.29 is 0 Å². The predicted molar refractivity (Wildman–Crippen MR) is 59.2 cm³/mol. The smallest absolute Gasteiger partial charge is 0.122 e. The van der Waals surface area contributed by atoms with Crippen molar-refractivity contribution in [1.82, 2.24) is 0 Å². The Labute approximate surface area is 85.8 Å². The molecule has 0 amide bonds. The Morgan fingerprint density at radius 2 is 1.86 bits per heavy atom. The van der Waals surface area contributed by atoms with Crippen LogP contribution in [0.3, 0.4) is 0 Å². The molecule has 0 saturated carbocycles. The Balaban J connectivity index is 3.01. The minimum atomic E-state index is -0.448. The minimum absolute atomic E-state index is 0.448. The molecule has 1 aromatic carbocycles. The molecule has 2 nitrogen and oxygen atoms in total. The van der Waals surface area contributed by atoms with E-state index >= 15 is 0 Å². The van der Waals surface area contributed by atoms with Gasteiger partial charge in [0.05, 0.1) is 6.07 Å². The largest absolute Gasteiger partial charge is 0.354 e. The molecule has 0 heterocycles. The van der Waals surface area contributed by atoms with Crippen molar-refractivity contribution >= 4 is 5.69 Å². The van der Waals surface area contributed by atoms with Gasteiger partial charge in [-0.05, 0) is 32.9 Å². The highest BCUT2D eigenvalue weighted by Gasteiger charge is 2.24. The van der Waals surface area contributed by atoms with E-state index in [0.717, 1.165) is 12.2 Å². The predicted octanol–water partition coefficient (Wildman–Crippen LogP) is 2.82. The van der Waals surface area contributed by atoms with Gasteiger partial charge in [-0.25, -0.2) is 0 Å². The van der Waals surface area contributed by atoms with Crippen LogP contribution < -0.4 is 4.90 Å². The summed E-state index contributed by atoms with van der Waals surface area (Å²) < 4.78 is 0. The summed E-state index contributed by atoms with van der Waals surface area (Å²) in [4.78, 5) is 2.09. The van der Waals surface area contributed by atoms with Crippen molar-refractivity contribution in [3.8, 4) is 6.07 Å². The normalized spacial score (nSPS) is 10.7. The van der Waals surface area contributed by atoms with Crippen LogP contribution in [0.15, 0.2) is 30.3 Å². The van der Waals surface area contributed by atoms with E-state index in [1.807, 2.05) is 44.2 Å². The molecule has 0 atom stereocenters. The molecule has 0 bridgehead atoms. The van der Waals surface area contributed by atoms with Crippen LogP contribution in [0.1, 0.15) is 20.8 Å². The van der Waals surface area contributed by atoms with Gasteiger partial charge in [0, 0.05) is 12.2 Å². The van der Waals surface area contributed by atoms with Crippen LogP contribution in [0, 0.1) is 11.3 Å². The van der Waals surface area contributed by atoms with Gasteiger partial charge in [-0.15, -0.1) is 0 Å². The summed E-state index contributed by atoms with van der Waals surface area (Å²) in [6.45, 7) is 6.77. The van der Waals surface area contributed by atoms with Crippen molar-refractivity contribution in [3.63, 3.8) is 0 Å². The molecule has 0 aromatic heterocycles. The second-order valence-electron chi connectivity index (χ2n) is 3.75. The summed E-state index contributed by atoms with van der Waals surface area (Å²) in [5.41, 5.74) is 0.650. The molecular weight excluding hydrogens is 172 g/mol. The van der Waals surface area contributed by atoms with Gasteiger partial charge in [-0.1, -0.05) is 18.2 Å². The Morgan fingerprint density at radius 1 is 1.29 bits per heavy atom. The zero-order valence-corrected chi connectivity index (χ0v) is 8.99. The van der Waals surface area contributed by atoms with E-state index in [4.69, 9.17) is 5.26 Å². The lowest BCUT2D eigenvalue weighted by atomic mass is 10.0. The monoisotopic (exact) mass is 188 g/mol. The summed E-state index contributed by atoms with van der Waals surface area (Å²) in [7, 11) is 0. The molecule has 0 saturated heterocycles. The molecular formula is C12H16N2. The number of hydrogen-bond donors (Lipinski definition) is 0. The van der Waals surface area contributed by atoms with E-state index in [2.05, 4.69) is 17.9 Å². The quantitative estimate of drug-likeness (QED) is 0.729. The zero-order valence-electron chi connectivity index (χ0n) is 8.99. The summed E-state index contributed by atoms with van der Waals surface area (Å²) in [5.74, 6) is 0. The average Bonchev–Trinajstić information content (AvgIpc) is 2.20. The fraction of sp³-hybridized carbons (Fsp3) is 0.417. The molecule has 1 aromatic rings. The molecule has 74 valence electrons. The first kappa shape index (κ1) is 10.6. The molecule has 0 aliphatic rings. The van der Waals surface area contributed by atoms with E-state index in [9.17, 15) is 0 Å². The molecule has 0 aliphatic heterocycles. The first-order chi connectivity index (χ1) is 6.61. The first-order valence-electron chi connectivity index (χ1n) is 4.85. The Bertz CT molecular complexity index is 322. The van der Waals surface area contributed by atoms with Crippen molar-refractivity contribution in [3.05, 3.63) is 30.3 Å². The molecule has 0 spiro atoms. The van der Waals surface area contributed by atoms with E-state index < -0.39 is 5.54 Å². The Kier molecular flexibility index (Phi) is 3.14. The van der Waals surface area contributed by atoms with Gasteiger partial charge in [0.2, 0.25) is 0 Å². The van der Waals surface area contributed by atoms with Gasteiger partial charge in [0.1, 0.15) is 5.54 Å². The lowest BCUT2D eigenvalue weighted by Gasteiger charge is -2.34. The maximum Gasteiger partial charge on any atom is 0.122 e. The molecule has 0 N–H and O–H groups in total. The summed E-state index contributed by atoms with van der Waals surface area (Å²) in [6.07, 6.45) is 0. The maximum absolute atomic E-state index is 9.07. The second-order valence-corrected chi connectivity index (χ2v) is 3.75. The highest BCUT2D eigenvalue weighted by Crippen LogP contribution is 2.22. The highest BCUT2D eigenvalue weighted by molar-refractivity contribution is 5.50. The Hall–Kier alpha value is -1.49. The third kappa shape index (κ3) is 2.05. The van der Waals surface area contributed by atoms with Gasteiger partial charge >= 0.3 is 0 Å². The van der Waals surface area contributed by atoms with Crippen LogP contribution in [0.2, 0.25) is 0 Å².